The molecule has 0 spiro atoms. The van der Waals surface area contributed by atoms with Gasteiger partial charge in [-0.05, 0) is 23.3 Å². The van der Waals surface area contributed by atoms with Gasteiger partial charge in [0, 0.05) is 32.1 Å². The van der Waals surface area contributed by atoms with Crippen LogP contribution in [0.25, 0.3) is 0 Å². The normalized spacial score (nSPS) is 19.9. The smallest absolute Gasteiger partial charge is 0.315 e. The van der Waals surface area contributed by atoms with Crippen molar-refractivity contribution in [3.8, 4) is 0 Å². The van der Waals surface area contributed by atoms with Crippen molar-refractivity contribution in [3.05, 3.63) is 46.9 Å². The number of benzene rings is 1. The van der Waals surface area contributed by atoms with Crippen LogP contribution in [0.3, 0.4) is 0 Å². The van der Waals surface area contributed by atoms with E-state index in [2.05, 4.69) is 6.08 Å². The standard InChI is InChI=1S/C16H22N2O2S/c1-20-9-5-8-15-10-14(12-21-15)18(16(17)19)11-13-6-3-2-4-7-13/h2-4,6-8,14H,5,9-12H2,1H3,(H2,17,19)/b15-8-/t14-/m1/s1. The molecule has 4 nitrogen and oxygen atoms in total. The zero-order valence-corrected chi connectivity index (χ0v) is 13.1. The van der Waals surface area contributed by atoms with Gasteiger partial charge in [-0.25, -0.2) is 4.79 Å². The Labute approximate surface area is 130 Å². The number of urea groups is 1. The van der Waals surface area contributed by atoms with Crippen molar-refractivity contribution in [1.82, 2.24) is 4.90 Å². The van der Waals surface area contributed by atoms with E-state index in [1.807, 2.05) is 42.1 Å². The van der Waals surface area contributed by atoms with Crippen LogP contribution in [0.5, 0.6) is 0 Å². The lowest BCUT2D eigenvalue weighted by Crippen LogP contribution is -2.43. The quantitative estimate of drug-likeness (QED) is 0.822. The van der Waals surface area contributed by atoms with Gasteiger partial charge in [-0.15, -0.1) is 11.8 Å². The monoisotopic (exact) mass is 306 g/mol. The highest BCUT2D eigenvalue weighted by Crippen LogP contribution is 2.34. The van der Waals surface area contributed by atoms with E-state index in [0.29, 0.717) is 6.54 Å². The van der Waals surface area contributed by atoms with Crippen LogP contribution in [0.2, 0.25) is 0 Å². The van der Waals surface area contributed by atoms with Crippen LogP contribution < -0.4 is 5.73 Å². The summed E-state index contributed by atoms with van der Waals surface area (Å²) in [4.78, 5) is 14.9. The van der Waals surface area contributed by atoms with Crippen LogP contribution in [0.4, 0.5) is 4.79 Å². The number of methoxy groups -OCH3 is 1. The molecule has 0 saturated carbocycles. The molecule has 5 heteroatoms. The van der Waals surface area contributed by atoms with Crippen LogP contribution in [0, 0.1) is 0 Å². The van der Waals surface area contributed by atoms with Crippen molar-refractivity contribution in [1.29, 1.82) is 0 Å². The number of thioether (sulfide) groups is 1. The van der Waals surface area contributed by atoms with E-state index >= 15 is 0 Å². The molecule has 1 aromatic rings. The molecule has 1 aliphatic heterocycles. The molecule has 1 heterocycles. The second kappa shape index (κ2) is 8.10. The Bertz CT molecular complexity index is 490. The van der Waals surface area contributed by atoms with Gasteiger partial charge in [0.05, 0.1) is 0 Å². The maximum Gasteiger partial charge on any atom is 0.315 e. The lowest BCUT2D eigenvalue weighted by Gasteiger charge is -2.26. The summed E-state index contributed by atoms with van der Waals surface area (Å²) in [5.41, 5.74) is 6.68. The first-order valence-corrected chi connectivity index (χ1v) is 8.10. The van der Waals surface area contributed by atoms with Crippen molar-refractivity contribution < 1.29 is 9.53 Å². The van der Waals surface area contributed by atoms with Crippen LogP contribution >= 0.6 is 11.8 Å². The largest absolute Gasteiger partial charge is 0.384 e. The molecule has 1 atom stereocenters. The van der Waals surface area contributed by atoms with E-state index in [4.69, 9.17) is 10.5 Å². The Balaban J connectivity index is 1.97. The number of hydrogen-bond donors (Lipinski definition) is 1. The van der Waals surface area contributed by atoms with Crippen LogP contribution in [-0.4, -0.2) is 36.4 Å². The van der Waals surface area contributed by atoms with E-state index < -0.39 is 0 Å². The predicted molar refractivity (Wildman–Crippen MR) is 87.0 cm³/mol. The number of nitrogens with zero attached hydrogens (tertiary/aromatic N) is 1. The number of primary amides is 1. The second-order valence-corrected chi connectivity index (χ2v) is 6.22. The summed E-state index contributed by atoms with van der Waals surface area (Å²) in [5.74, 6) is 0.911. The van der Waals surface area contributed by atoms with Crippen molar-refractivity contribution in [2.45, 2.75) is 25.4 Å². The molecular weight excluding hydrogens is 284 g/mol. The average molecular weight is 306 g/mol. The topological polar surface area (TPSA) is 55.6 Å². The highest BCUT2D eigenvalue weighted by atomic mass is 32.2. The minimum Gasteiger partial charge on any atom is -0.384 e. The molecule has 1 fully saturated rings. The number of rotatable bonds is 6. The van der Waals surface area contributed by atoms with Gasteiger partial charge in [0.1, 0.15) is 0 Å². The lowest BCUT2D eigenvalue weighted by atomic mass is 10.1. The van der Waals surface area contributed by atoms with Gasteiger partial charge in [0.15, 0.2) is 0 Å². The molecule has 114 valence electrons. The first-order chi connectivity index (χ1) is 10.2. The number of amides is 2. The summed E-state index contributed by atoms with van der Waals surface area (Å²) in [7, 11) is 1.71. The third kappa shape index (κ3) is 4.79. The third-order valence-corrected chi connectivity index (χ3v) is 4.77. The summed E-state index contributed by atoms with van der Waals surface area (Å²) in [6.45, 7) is 1.31. The number of nitrogens with two attached hydrogens (primary N) is 1. The predicted octanol–water partition coefficient (Wildman–Crippen LogP) is 2.99. The third-order valence-electron chi connectivity index (χ3n) is 3.51. The Kier molecular flexibility index (Phi) is 6.14. The van der Waals surface area contributed by atoms with Gasteiger partial charge in [-0.3, -0.25) is 0 Å². The van der Waals surface area contributed by atoms with Crippen LogP contribution in [0.1, 0.15) is 18.4 Å². The molecule has 0 radical (unpaired) electrons. The average Bonchev–Trinajstić information content (AvgIpc) is 2.94. The minimum atomic E-state index is -0.345. The molecule has 1 saturated heterocycles. The van der Waals surface area contributed by atoms with E-state index in [9.17, 15) is 4.79 Å². The van der Waals surface area contributed by atoms with Crippen molar-refractivity contribution in [2.24, 2.45) is 5.73 Å². The Morgan fingerprint density at radius 3 is 2.90 bits per heavy atom. The molecule has 1 aliphatic rings. The SMILES string of the molecule is COCC/C=C1/C[C@@H](N(Cc2ccccc2)C(N)=O)CS1. The molecule has 0 aromatic heterocycles. The number of hydrogen-bond acceptors (Lipinski definition) is 3. The Morgan fingerprint density at radius 2 is 2.24 bits per heavy atom. The second-order valence-electron chi connectivity index (χ2n) is 5.07. The molecule has 0 bridgehead atoms. The van der Waals surface area contributed by atoms with E-state index in [1.165, 1.54) is 4.91 Å². The minimum absolute atomic E-state index is 0.182. The van der Waals surface area contributed by atoms with Crippen LogP contribution in [0.15, 0.2) is 41.3 Å². The molecule has 2 amide bonds. The Hall–Kier alpha value is -1.46. The highest BCUT2D eigenvalue weighted by Gasteiger charge is 2.28. The Morgan fingerprint density at radius 1 is 1.48 bits per heavy atom. The fraction of sp³-hybridized carbons (Fsp3) is 0.438. The number of carbonyl (C=O) groups is 1. The maximum atomic E-state index is 11.8. The fourth-order valence-corrected chi connectivity index (χ4v) is 3.65. The number of carbonyl (C=O) groups excluding carboxylic acids is 1. The number of ether oxygens (including phenoxy) is 1. The van der Waals surface area contributed by atoms with Gasteiger partial charge < -0.3 is 15.4 Å². The first kappa shape index (κ1) is 15.9. The van der Waals surface area contributed by atoms with Crippen molar-refractivity contribution >= 4 is 17.8 Å². The molecule has 2 rings (SSSR count). The van der Waals surface area contributed by atoms with Crippen molar-refractivity contribution in [3.63, 3.8) is 0 Å². The van der Waals surface area contributed by atoms with Gasteiger partial charge in [-0.2, -0.15) is 0 Å². The van der Waals surface area contributed by atoms with Gasteiger partial charge in [-0.1, -0.05) is 36.4 Å². The summed E-state index contributed by atoms with van der Waals surface area (Å²) >= 11 is 1.81. The fourth-order valence-electron chi connectivity index (χ4n) is 2.40. The molecule has 21 heavy (non-hydrogen) atoms. The summed E-state index contributed by atoms with van der Waals surface area (Å²) < 4.78 is 5.05. The highest BCUT2D eigenvalue weighted by molar-refractivity contribution is 8.03. The molecule has 0 unspecified atom stereocenters. The molecular formula is C16H22N2O2S. The zero-order chi connectivity index (χ0) is 15.1. The van der Waals surface area contributed by atoms with E-state index in [1.54, 1.807) is 12.0 Å². The van der Waals surface area contributed by atoms with Gasteiger partial charge in [0.25, 0.3) is 0 Å². The summed E-state index contributed by atoms with van der Waals surface area (Å²) in [5, 5.41) is 0. The molecule has 1 aromatic carbocycles. The summed E-state index contributed by atoms with van der Waals surface area (Å²) in [6, 6.07) is 9.81. The van der Waals surface area contributed by atoms with Crippen molar-refractivity contribution in [2.75, 3.05) is 19.5 Å². The molecule has 0 aliphatic carbocycles. The first-order valence-electron chi connectivity index (χ1n) is 7.11. The van der Waals surface area contributed by atoms with E-state index in [0.717, 1.165) is 30.8 Å². The van der Waals surface area contributed by atoms with Gasteiger partial charge in [0.2, 0.25) is 0 Å². The molecule has 2 N–H and O–H groups in total. The van der Waals surface area contributed by atoms with E-state index in [-0.39, 0.29) is 12.1 Å². The zero-order valence-electron chi connectivity index (χ0n) is 12.3. The van der Waals surface area contributed by atoms with Crippen LogP contribution in [-0.2, 0) is 11.3 Å². The lowest BCUT2D eigenvalue weighted by molar-refractivity contribution is 0.187. The van der Waals surface area contributed by atoms with Gasteiger partial charge >= 0.3 is 6.03 Å². The summed E-state index contributed by atoms with van der Waals surface area (Å²) in [6.07, 6.45) is 4.01. The maximum absolute atomic E-state index is 11.8.